The summed E-state index contributed by atoms with van der Waals surface area (Å²) in [4.78, 5) is 25.0. The number of carbonyl (C=O) groups excluding carboxylic acids is 2. The molecule has 69 heavy (non-hydrogen) atoms. The zero-order valence-electron chi connectivity index (χ0n) is 43.8. The van der Waals surface area contributed by atoms with E-state index in [2.05, 4.69) is 67.8 Å². The zero-order chi connectivity index (χ0) is 50.3. The number of aliphatic hydroxyl groups excluding tert-OH is 5. The van der Waals surface area contributed by atoms with Gasteiger partial charge < -0.3 is 45.1 Å². The molecule has 0 aliphatic carbocycles. The fourth-order valence-corrected chi connectivity index (χ4v) is 8.34. The van der Waals surface area contributed by atoms with Crippen LogP contribution in [0.5, 0.6) is 0 Å². The normalized spacial score (nSPS) is 19.8. The Labute approximate surface area is 420 Å². The molecule has 0 spiro atoms. The second kappa shape index (κ2) is 47.7. The number of hydrogen-bond acceptors (Lipinski definition) is 10. The van der Waals surface area contributed by atoms with Gasteiger partial charge in [0.05, 0.1) is 32.0 Å². The van der Waals surface area contributed by atoms with E-state index >= 15 is 0 Å². The fourth-order valence-electron chi connectivity index (χ4n) is 8.34. The van der Waals surface area contributed by atoms with Crippen molar-refractivity contribution in [1.82, 2.24) is 5.32 Å². The molecule has 0 bridgehead atoms. The summed E-state index contributed by atoms with van der Waals surface area (Å²) in [6.45, 7) is 4.18. The summed E-state index contributed by atoms with van der Waals surface area (Å²) >= 11 is 0. The van der Waals surface area contributed by atoms with Crippen molar-refractivity contribution in [3.8, 4) is 0 Å². The Kier molecular flexibility index (Phi) is 44.5. The molecule has 11 heteroatoms. The van der Waals surface area contributed by atoms with Gasteiger partial charge in [-0.2, -0.15) is 0 Å². The molecule has 1 saturated heterocycles. The quantitative estimate of drug-likeness (QED) is 0.0149. The predicted molar refractivity (Wildman–Crippen MR) is 283 cm³/mol. The Morgan fingerprint density at radius 2 is 1.04 bits per heavy atom. The highest BCUT2D eigenvalue weighted by molar-refractivity contribution is 5.76. The first-order valence-electron chi connectivity index (χ1n) is 28.1. The standard InChI is InChI=1S/C58H103NO10/c1-3-5-7-9-11-13-14-22-26-30-34-38-42-46-54(63)67-47-43-39-35-31-27-24-21-19-17-15-16-18-20-23-25-29-33-37-41-45-53(62)59-50(51(61)44-40-36-32-28-12-10-8-6-4-2)49-68-58-57(66)56(65)55(64)52(48-60)69-58/h7,9,13-14,19,21,24,27,40,44,50-52,55-58,60-61,64-66H,3-6,8,10-12,15-18,20,22-23,25-26,28-39,41-43,45-49H2,1-2H3,(H,59,62)/b9-7-,14-13-,21-19-,27-24-,44-40+. The van der Waals surface area contributed by atoms with Crippen LogP contribution in [-0.2, 0) is 23.8 Å². The summed E-state index contributed by atoms with van der Waals surface area (Å²) < 4.78 is 16.6. The fraction of sp³-hybridized carbons (Fsp3) is 0.793. The molecule has 1 aliphatic rings. The van der Waals surface area contributed by atoms with Crippen LogP contribution in [0.15, 0.2) is 60.8 Å². The molecule has 0 aromatic heterocycles. The van der Waals surface area contributed by atoms with Gasteiger partial charge in [0.1, 0.15) is 24.4 Å². The number of nitrogens with one attached hydrogen (secondary N) is 1. The van der Waals surface area contributed by atoms with Gasteiger partial charge in [-0.25, -0.2) is 0 Å². The lowest BCUT2D eigenvalue weighted by molar-refractivity contribution is -0.302. The summed E-state index contributed by atoms with van der Waals surface area (Å²) in [5.41, 5.74) is 0. The SMILES string of the molecule is CCC/C=C\C/C=C\CCCCCCCC(=O)OCCCCC/C=C\C=C/CCCCCCCCCCCCC(=O)NC(COC1OC(CO)C(O)C(O)C1O)C(O)/C=C/CCCCCCCCC. The van der Waals surface area contributed by atoms with Gasteiger partial charge in [-0.05, 0) is 89.9 Å². The van der Waals surface area contributed by atoms with Gasteiger partial charge in [0.25, 0.3) is 0 Å². The van der Waals surface area contributed by atoms with Gasteiger partial charge in [-0.15, -0.1) is 0 Å². The van der Waals surface area contributed by atoms with Crippen LogP contribution in [-0.4, -0.2) is 100 Å². The largest absolute Gasteiger partial charge is 0.466 e. The van der Waals surface area contributed by atoms with Crippen molar-refractivity contribution in [3.05, 3.63) is 60.8 Å². The molecule has 7 unspecified atom stereocenters. The summed E-state index contributed by atoms with van der Waals surface area (Å²) in [5.74, 6) is -0.241. The molecule has 11 nitrogen and oxygen atoms in total. The predicted octanol–water partition coefficient (Wildman–Crippen LogP) is 12.3. The monoisotopic (exact) mass is 974 g/mol. The van der Waals surface area contributed by atoms with E-state index in [1.807, 2.05) is 6.08 Å². The number of allylic oxidation sites excluding steroid dienone is 9. The Hall–Kier alpha value is -2.64. The van der Waals surface area contributed by atoms with E-state index in [-0.39, 0.29) is 18.5 Å². The number of amides is 1. The van der Waals surface area contributed by atoms with Crippen LogP contribution in [0.3, 0.4) is 0 Å². The van der Waals surface area contributed by atoms with E-state index in [4.69, 9.17) is 14.2 Å². The van der Waals surface area contributed by atoms with Gasteiger partial charge in [-0.1, -0.05) is 190 Å². The lowest BCUT2D eigenvalue weighted by Crippen LogP contribution is -2.60. The van der Waals surface area contributed by atoms with Crippen molar-refractivity contribution in [3.63, 3.8) is 0 Å². The molecule has 1 rings (SSSR count). The Morgan fingerprint density at radius 3 is 1.61 bits per heavy atom. The number of aliphatic hydroxyl groups is 5. The molecule has 0 saturated carbocycles. The molecule has 1 fully saturated rings. The van der Waals surface area contributed by atoms with E-state index in [1.54, 1.807) is 6.08 Å². The second-order valence-electron chi connectivity index (χ2n) is 19.3. The summed E-state index contributed by atoms with van der Waals surface area (Å²) in [5, 5.41) is 54.1. The smallest absolute Gasteiger partial charge is 0.305 e. The van der Waals surface area contributed by atoms with Crippen molar-refractivity contribution < 1.29 is 49.3 Å². The zero-order valence-corrected chi connectivity index (χ0v) is 43.8. The van der Waals surface area contributed by atoms with Crippen LogP contribution in [0, 0.1) is 0 Å². The number of hydrogen-bond donors (Lipinski definition) is 6. The van der Waals surface area contributed by atoms with Crippen molar-refractivity contribution >= 4 is 11.9 Å². The maximum atomic E-state index is 13.0. The maximum absolute atomic E-state index is 13.0. The summed E-state index contributed by atoms with van der Waals surface area (Å²) in [6, 6.07) is -0.817. The highest BCUT2D eigenvalue weighted by atomic mass is 16.7. The van der Waals surface area contributed by atoms with Crippen LogP contribution < -0.4 is 5.32 Å². The minimum absolute atomic E-state index is 0.0447. The Balaban J connectivity index is 2.09. The Bertz CT molecular complexity index is 1330. The van der Waals surface area contributed by atoms with Crippen molar-refractivity contribution in [2.45, 2.75) is 275 Å². The Morgan fingerprint density at radius 1 is 0.551 bits per heavy atom. The molecule has 0 aromatic carbocycles. The van der Waals surface area contributed by atoms with Crippen LogP contribution in [0.1, 0.15) is 232 Å². The summed E-state index contributed by atoms with van der Waals surface area (Å²) in [7, 11) is 0. The minimum Gasteiger partial charge on any atom is -0.466 e. The number of unbranched alkanes of at least 4 members (excludes halogenated alkanes) is 26. The van der Waals surface area contributed by atoms with Crippen molar-refractivity contribution in [1.29, 1.82) is 0 Å². The highest BCUT2D eigenvalue weighted by Crippen LogP contribution is 2.23. The van der Waals surface area contributed by atoms with E-state index in [0.29, 0.717) is 19.4 Å². The molecule has 1 heterocycles. The van der Waals surface area contributed by atoms with Crippen LogP contribution in [0.25, 0.3) is 0 Å². The number of rotatable bonds is 47. The van der Waals surface area contributed by atoms with Gasteiger partial charge >= 0.3 is 5.97 Å². The molecule has 7 atom stereocenters. The number of esters is 1. The molecule has 0 aromatic rings. The lowest BCUT2D eigenvalue weighted by atomic mass is 9.99. The average molecular weight is 974 g/mol. The van der Waals surface area contributed by atoms with Gasteiger partial charge in [0.15, 0.2) is 6.29 Å². The number of ether oxygens (including phenoxy) is 3. The molecule has 400 valence electrons. The molecule has 1 amide bonds. The first-order valence-corrected chi connectivity index (χ1v) is 28.1. The topological polar surface area (TPSA) is 175 Å². The van der Waals surface area contributed by atoms with E-state index in [1.165, 1.54) is 103 Å². The van der Waals surface area contributed by atoms with Crippen molar-refractivity contribution in [2.75, 3.05) is 19.8 Å². The molecular formula is C58H103NO10. The van der Waals surface area contributed by atoms with Gasteiger partial charge in [-0.3, -0.25) is 9.59 Å². The van der Waals surface area contributed by atoms with Crippen LogP contribution >= 0.6 is 0 Å². The third kappa shape index (κ3) is 37.8. The lowest BCUT2D eigenvalue weighted by Gasteiger charge is -2.40. The van der Waals surface area contributed by atoms with Crippen LogP contribution in [0.2, 0.25) is 0 Å². The van der Waals surface area contributed by atoms with E-state index in [0.717, 1.165) is 103 Å². The van der Waals surface area contributed by atoms with Gasteiger partial charge in [0.2, 0.25) is 5.91 Å². The maximum Gasteiger partial charge on any atom is 0.305 e. The van der Waals surface area contributed by atoms with Crippen LogP contribution in [0.4, 0.5) is 0 Å². The highest BCUT2D eigenvalue weighted by Gasteiger charge is 2.44. The molecule has 1 aliphatic heterocycles. The van der Waals surface area contributed by atoms with Crippen molar-refractivity contribution in [2.24, 2.45) is 0 Å². The van der Waals surface area contributed by atoms with E-state index < -0.39 is 49.5 Å². The summed E-state index contributed by atoms with van der Waals surface area (Å²) in [6.07, 6.45) is 50.3. The van der Waals surface area contributed by atoms with E-state index in [9.17, 15) is 35.1 Å². The first-order chi connectivity index (χ1) is 33.7. The average Bonchev–Trinajstić information content (AvgIpc) is 3.34. The van der Waals surface area contributed by atoms with Gasteiger partial charge in [0, 0.05) is 12.8 Å². The number of carbonyl (C=O) groups is 2. The minimum atomic E-state index is -1.57. The second-order valence-corrected chi connectivity index (χ2v) is 19.3. The third-order valence-corrected chi connectivity index (χ3v) is 12.9. The first kappa shape index (κ1) is 64.4. The molecule has 6 N–H and O–H groups in total. The third-order valence-electron chi connectivity index (χ3n) is 12.9. The molecular weight excluding hydrogens is 871 g/mol. The molecule has 0 radical (unpaired) electrons.